The van der Waals surface area contributed by atoms with Crippen molar-refractivity contribution in [1.82, 2.24) is 10.2 Å². The Bertz CT molecular complexity index is 246. The fraction of sp³-hybridized carbons (Fsp3) is 0.800. The standard InChI is InChI=1S/C10H20N2O3/c1-7(8(13)14)11-9(15)12(5)6-10(2,3)4/h7H,6H2,1-5H3,(H,11,15)(H,13,14). The van der Waals surface area contributed by atoms with E-state index in [1.165, 1.54) is 11.8 Å². The minimum atomic E-state index is -1.03. The van der Waals surface area contributed by atoms with Crippen LogP contribution in [0, 0.1) is 5.41 Å². The summed E-state index contributed by atoms with van der Waals surface area (Å²) < 4.78 is 0. The van der Waals surface area contributed by atoms with Crippen molar-refractivity contribution in [3.8, 4) is 0 Å². The minimum Gasteiger partial charge on any atom is -0.480 e. The minimum absolute atomic E-state index is 0.00144. The first-order valence-corrected chi connectivity index (χ1v) is 4.88. The fourth-order valence-corrected chi connectivity index (χ4v) is 1.14. The number of carboxylic acid groups (broad SMARTS) is 1. The normalized spacial score (nSPS) is 13.1. The summed E-state index contributed by atoms with van der Waals surface area (Å²) in [5.41, 5.74) is -0.00144. The summed E-state index contributed by atoms with van der Waals surface area (Å²) in [4.78, 5) is 23.5. The van der Waals surface area contributed by atoms with Gasteiger partial charge in [-0.2, -0.15) is 0 Å². The number of aliphatic carboxylic acids is 1. The number of amides is 2. The van der Waals surface area contributed by atoms with Crippen molar-refractivity contribution in [3.63, 3.8) is 0 Å². The van der Waals surface area contributed by atoms with E-state index in [0.29, 0.717) is 6.54 Å². The quantitative estimate of drug-likeness (QED) is 0.743. The lowest BCUT2D eigenvalue weighted by molar-refractivity contribution is -0.138. The number of nitrogens with one attached hydrogen (secondary N) is 1. The number of urea groups is 1. The average Bonchev–Trinajstić information content (AvgIpc) is 2.00. The third-order valence-electron chi connectivity index (χ3n) is 1.77. The Morgan fingerprint density at radius 1 is 1.40 bits per heavy atom. The zero-order valence-corrected chi connectivity index (χ0v) is 10.00. The Labute approximate surface area is 90.5 Å². The summed E-state index contributed by atoms with van der Waals surface area (Å²) in [6, 6.07) is -1.22. The van der Waals surface area contributed by atoms with Crippen LogP contribution in [0.1, 0.15) is 27.7 Å². The van der Waals surface area contributed by atoms with Crippen LogP contribution in [-0.4, -0.2) is 41.6 Å². The molecule has 0 saturated carbocycles. The summed E-state index contributed by atoms with van der Waals surface area (Å²) >= 11 is 0. The Kier molecular flexibility index (Phi) is 4.58. The van der Waals surface area contributed by atoms with Crippen molar-refractivity contribution in [2.24, 2.45) is 5.41 Å². The third-order valence-corrected chi connectivity index (χ3v) is 1.77. The van der Waals surface area contributed by atoms with E-state index < -0.39 is 12.0 Å². The molecule has 0 heterocycles. The van der Waals surface area contributed by atoms with Crippen molar-refractivity contribution in [2.75, 3.05) is 13.6 Å². The summed E-state index contributed by atoms with van der Waals surface area (Å²) in [6.45, 7) is 8.04. The molecule has 0 spiro atoms. The Balaban J connectivity index is 4.17. The molecule has 0 aromatic carbocycles. The van der Waals surface area contributed by atoms with Gasteiger partial charge in [-0.25, -0.2) is 4.79 Å². The number of hydrogen-bond acceptors (Lipinski definition) is 2. The highest BCUT2D eigenvalue weighted by atomic mass is 16.4. The molecule has 2 amide bonds. The van der Waals surface area contributed by atoms with Crippen LogP contribution < -0.4 is 5.32 Å². The first-order chi connectivity index (χ1) is 6.63. The van der Waals surface area contributed by atoms with Gasteiger partial charge in [-0.15, -0.1) is 0 Å². The predicted octanol–water partition coefficient (Wildman–Crippen LogP) is 1.15. The van der Waals surface area contributed by atoms with E-state index in [9.17, 15) is 9.59 Å². The zero-order valence-electron chi connectivity index (χ0n) is 10.00. The highest BCUT2D eigenvalue weighted by molar-refractivity contribution is 5.82. The molecule has 0 aliphatic rings. The van der Waals surface area contributed by atoms with Gasteiger partial charge in [0.25, 0.3) is 0 Å². The fourth-order valence-electron chi connectivity index (χ4n) is 1.14. The largest absolute Gasteiger partial charge is 0.480 e. The summed E-state index contributed by atoms with van der Waals surface area (Å²) in [7, 11) is 1.65. The van der Waals surface area contributed by atoms with Crippen molar-refractivity contribution < 1.29 is 14.7 Å². The van der Waals surface area contributed by atoms with Crippen LogP contribution in [0.4, 0.5) is 4.79 Å². The van der Waals surface area contributed by atoms with Gasteiger partial charge in [0.15, 0.2) is 0 Å². The molecule has 88 valence electrons. The van der Waals surface area contributed by atoms with Crippen LogP contribution >= 0.6 is 0 Å². The van der Waals surface area contributed by atoms with Gasteiger partial charge in [-0.3, -0.25) is 4.79 Å². The van der Waals surface area contributed by atoms with Crippen molar-refractivity contribution in [3.05, 3.63) is 0 Å². The molecular formula is C10H20N2O3. The molecule has 0 aromatic heterocycles. The molecule has 0 radical (unpaired) electrons. The number of carboxylic acids is 1. The van der Waals surface area contributed by atoms with Crippen molar-refractivity contribution in [1.29, 1.82) is 0 Å². The summed E-state index contributed by atoms with van der Waals surface area (Å²) in [6.07, 6.45) is 0. The molecule has 5 nitrogen and oxygen atoms in total. The monoisotopic (exact) mass is 216 g/mol. The summed E-state index contributed by atoms with van der Waals surface area (Å²) in [5.74, 6) is -1.03. The number of carbonyl (C=O) groups is 2. The second-order valence-electron chi connectivity index (χ2n) is 4.93. The van der Waals surface area contributed by atoms with Gasteiger partial charge in [0.05, 0.1) is 0 Å². The van der Waals surface area contributed by atoms with Gasteiger partial charge < -0.3 is 15.3 Å². The molecular weight excluding hydrogens is 196 g/mol. The maximum atomic E-state index is 11.5. The van der Waals surface area contributed by atoms with E-state index in [0.717, 1.165) is 0 Å². The molecule has 0 rings (SSSR count). The topological polar surface area (TPSA) is 69.6 Å². The third kappa shape index (κ3) is 5.93. The van der Waals surface area contributed by atoms with E-state index in [4.69, 9.17) is 5.11 Å². The highest BCUT2D eigenvalue weighted by Crippen LogP contribution is 2.13. The second-order valence-corrected chi connectivity index (χ2v) is 4.93. The van der Waals surface area contributed by atoms with Crippen LogP contribution in [0.15, 0.2) is 0 Å². The second kappa shape index (κ2) is 5.00. The van der Waals surface area contributed by atoms with Gasteiger partial charge in [-0.1, -0.05) is 20.8 Å². The maximum absolute atomic E-state index is 11.5. The van der Waals surface area contributed by atoms with Crippen molar-refractivity contribution >= 4 is 12.0 Å². The zero-order chi connectivity index (χ0) is 12.2. The molecule has 5 heteroatoms. The lowest BCUT2D eigenvalue weighted by Gasteiger charge is -2.27. The van der Waals surface area contributed by atoms with E-state index in [-0.39, 0.29) is 11.4 Å². The van der Waals surface area contributed by atoms with E-state index >= 15 is 0 Å². The van der Waals surface area contributed by atoms with Crippen LogP contribution in [0.25, 0.3) is 0 Å². The van der Waals surface area contributed by atoms with Gasteiger partial charge >= 0.3 is 12.0 Å². The average molecular weight is 216 g/mol. The maximum Gasteiger partial charge on any atom is 0.325 e. The molecule has 0 aliphatic carbocycles. The molecule has 0 bridgehead atoms. The molecule has 2 N–H and O–H groups in total. The number of rotatable bonds is 3. The van der Waals surface area contributed by atoms with E-state index in [1.54, 1.807) is 7.05 Å². The Morgan fingerprint density at radius 2 is 1.87 bits per heavy atom. The van der Waals surface area contributed by atoms with Gasteiger partial charge in [0.1, 0.15) is 6.04 Å². The molecule has 0 fully saturated rings. The van der Waals surface area contributed by atoms with Crippen LogP contribution in [0.5, 0.6) is 0 Å². The SMILES string of the molecule is CC(NC(=O)N(C)CC(C)(C)C)C(=O)O. The van der Waals surface area contributed by atoms with Crippen LogP contribution in [0.2, 0.25) is 0 Å². The van der Waals surface area contributed by atoms with E-state index in [2.05, 4.69) is 5.32 Å². The molecule has 0 saturated heterocycles. The predicted molar refractivity (Wildman–Crippen MR) is 57.7 cm³/mol. The molecule has 0 aliphatic heterocycles. The molecule has 1 atom stereocenters. The highest BCUT2D eigenvalue weighted by Gasteiger charge is 2.20. The first kappa shape index (κ1) is 13.7. The Morgan fingerprint density at radius 3 is 2.20 bits per heavy atom. The van der Waals surface area contributed by atoms with Gasteiger partial charge in [-0.05, 0) is 12.3 Å². The lowest BCUT2D eigenvalue weighted by atomic mass is 9.96. The Hall–Kier alpha value is -1.26. The lowest BCUT2D eigenvalue weighted by Crippen LogP contribution is -2.47. The van der Waals surface area contributed by atoms with Crippen LogP contribution in [-0.2, 0) is 4.79 Å². The van der Waals surface area contributed by atoms with Gasteiger partial charge in [0, 0.05) is 13.6 Å². The smallest absolute Gasteiger partial charge is 0.325 e. The first-order valence-electron chi connectivity index (χ1n) is 4.88. The number of hydrogen-bond donors (Lipinski definition) is 2. The molecule has 15 heavy (non-hydrogen) atoms. The molecule has 0 aromatic rings. The van der Waals surface area contributed by atoms with Crippen molar-refractivity contribution in [2.45, 2.75) is 33.7 Å². The van der Waals surface area contributed by atoms with Gasteiger partial charge in [0.2, 0.25) is 0 Å². The number of carbonyl (C=O) groups excluding carboxylic acids is 1. The number of nitrogens with zero attached hydrogens (tertiary/aromatic N) is 1. The molecule has 1 unspecified atom stereocenters. The summed E-state index contributed by atoms with van der Waals surface area (Å²) in [5, 5.41) is 11.0. The van der Waals surface area contributed by atoms with Crippen LogP contribution in [0.3, 0.4) is 0 Å². The van der Waals surface area contributed by atoms with E-state index in [1.807, 2.05) is 20.8 Å².